The minimum atomic E-state index is -0.906. The van der Waals surface area contributed by atoms with Gasteiger partial charge in [-0.25, -0.2) is 5.43 Å². The number of hydrogen-bond acceptors (Lipinski definition) is 6. The maximum atomic E-state index is 12.1. The summed E-state index contributed by atoms with van der Waals surface area (Å²) in [6.07, 6.45) is 5.24. The summed E-state index contributed by atoms with van der Waals surface area (Å²) in [5.41, 5.74) is 4.32. The fourth-order valence-corrected chi connectivity index (χ4v) is 4.15. The van der Waals surface area contributed by atoms with Crippen molar-refractivity contribution in [3.05, 3.63) is 45.8 Å². The predicted molar refractivity (Wildman–Crippen MR) is 103 cm³/mol. The molecule has 27 heavy (non-hydrogen) atoms. The number of anilines is 1. The largest absolute Gasteiger partial charge is 0.496 e. The zero-order valence-electron chi connectivity index (χ0n) is 14.7. The van der Waals surface area contributed by atoms with Crippen LogP contribution in [-0.2, 0) is 22.4 Å². The SMILES string of the molecule is COc1ccccc1/C=N/NC(=O)C(=O)Nc1sc2c(c1C#N)CCCC2. The lowest BCUT2D eigenvalue weighted by Crippen LogP contribution is -2.32. The van der Waals surface area contributed by atoms with Crippen LogP contribution in [-0.4, -0.2) is 25.1 Å². The molecule has 2 aromatic rings. The number of carbonyl (C=O) groups is 2. The Hall–Kier alpha value is -3.18. The highest BCUT2D eigenvalue weighted by molar-refractivity contribution is 7.16. The van der Waals surface area contributed by atoms with E-state index in [2.05, 4.69) is 21.9 Å². The quantitative estimate of drug-likeness (QED) is 0.482. The molecule has 0 atom stereocenters. The maximum Gasteiger partial charge on any atom is 0.329 e. The van der Waals surface area contributed by atoms with Crippen LogP contribution in [0.1, 0.15) is 34.4 Å². The molecule has 3 rings (SSSR count). The lowest BCUT2D eigenvalue weighted by Gasteiger charge is -2.09. The smallest absolute Gasteiger partial charge is 0.329 e. The number of para-hydroxylation sites is 1. The minimum absolute atomic E-state index is 0.429. The number of hydrazone groups is 1. The highest BCUT2D eigenvalue weighted by atomic mass is 32.1. The number of methoxy groups -OCH3 is 1. The van der Waals surface area contributed by atoms with Gasteiger partial charge >= 0.3 is 11.8 Å². The molecular weight excluding hydrogens is 364 g/mol. The summed E-state index contributed by atoms with van der Waals surface area (Å²) >= 11 is 1.37. The molecule has 1 aliphatic rings. The van der Waals surface area contributed by atoms with E-state index in [1.54, 1.807) is 18.2 Å². The monoisotopic (exact) mass is 382 g/mol. The van der Waals surface area contributed by atoms with Gasteiger partial charge in [-0.2, -0.15) is 10.4 Å². The van der Waals surface area contributed by atoms with Crippen LogP contribution in [0.2, 0.25) is 0 Å². The highest BCUT2D eigenvalue weighted by Crippen LogP contribution is 2.37. The molecule has 1 aromatic carbocycles. The third kappa shape index (κ3) is 4.15. The number of nitrogens with one attached hydrogen (secondary N) is 2. The first kappa shape index (κ1) is 18.6. The van der Waals surface area contributed by atoms with E-state index in [0.29, 0.717) is 21.9 Å². The van der Waals surface area contributed by atoms with Crippen LogP contribution in [0.15, 0.2) is 29.4 Å². The number of carbonyl (C=O) groups excluding carboxylic acids is 2. The lowest BCUT2D eigenvalue weighted by molar-refractivity contribution is -0.136. The number of amides is 2. The molecule has 0 fully saturated rings. The Morgan fingerprint density at radius 2 is 2.04 bits per heavy atom. The summed E-state index contributed by atoms with van der Waals surface area (Å²) < 4.78 is 5.18. The van der Waals surface area contributed by atoms with Crippen molar-refractivity contribution in [3.8, 4) is 11.8 Å². The summed E-state index contributed by atoms with van der Waals surface area (Å²) in [5.74, 6) is -1.17. The van der Waals surface area contributed by atoms with E-state index in [9.17, 15) is 14.9 Å². The molecular formula is C19H18N4O3S. The number of nitriles is 1. The lowest BCUT2D eigenvalue weighted by atomic mass is 9.96. The van der Waals surface area contributed by atoms with Crippen molar-refractivity contribution >= 4 is 34.4 Å². The number of benzene rings is 1. The molecule has 0 aliphatic heterocycles. The van der Waals surface area contributed by atoms with Gasteiger partial charge in [0.25, 0.3) is 0 Å². The summed E-state index contributed by atoms with van der Waals surface area (Å²) in [7, 11) is 1.53. The maximum absolute atomic E-state index is 12.1. The van der Waals surface area contributed by atoms with Gasteiger partial charge < -0.3 is 10.1 Å². The van der Waals surface area contributed by atoms with E-state index < -0.39 is 11.8 Å². The molecule has 7 nitrogen and oxygen atoms in total. The predicted octanol–water partition coefficient (Wildman–Crippen LogP) is 2.60. The van der Waals surface area contributed by atoms with Crippen LogP contribution < -0.4 is 15.5 Å². The summed E-state index contributed by atoms with van der Waals surface area (Å²) in [6.45, 7) is 0. The number of hydrogen-bond donors (Lipinski definition) is 2. The Labute approximate surface area is 160 Å². The fraction of sp³-hybridized carbons (Fsp3) is 0.263. The summed E-state index contributed by atoms with van der Waals surface area (Å²) in [6, 6.07) is 9.30. The molecule has 0 saturated carbocycles. The first-order valence-electron chi connectivity index (χ1n) is 8.46. The van der Waals surface area contributed by atoms with Gasteiger partial charge in [-0.15, -0.1) is 11.3 Å². The minimum Gasteiger partial charge on any atom is -0.496 e. The molecule has 0 bridgehead atoms. The van der Waals surface area contributed by atoms with Gasteiger partial charge in [-0.05, 0) is 43.4 Å². The van der Waals surface area contributed by atoms with Crippen LogP contribution >= 0.6 is 11.3 Å². The third-order valence-corrected chi connectivity index (χ3v) is 5.43. The van der Waals surface area contributed by atoms with Gasteiger partial charge in [0.1, 0.15) is 16.8 Å². The molecule has 138 valence electrons. The van der Waals surface area contributed by atoms with Gasteiger partial charge in [0.15, 0.2) is 0 Å². The zero-order chi connectivity index (χ0) is 19.2. The third-order valence-electron chi connectivity index (χ3n) is 4.23. The molecule has 0 saturated heterocycles. The van der Waals surface area contributed by atoms with Crippen molar-refractivity contribution < 1.29 is 14.3 Å². The van der Waals surface area contributed by atoms with Crippen molar-refractivity contribution in [2.75, 3.05) is 12.4 Å². The highest BCUT2D eigenvalue weighted by Gasteiger charge is 2.23. The fourth-order valence-electron chi connectivity index (χ4n) is 2.92. The number of thiophene rings is 1. The first-order valence-corrected chi connectivity index (χ1v) is 9.27. The Bertz CT molecular complexity index is 943. The van der Waals surface area contributed by atoms with E-state index in [0.717, 1.165) is 36.1 Å². The Morgan fingerprint density at radius 1 is 1.26 bits per heavy atom. The summed E-state index contributed by atoms with van der Waals surface area (Å²) in [5, 5.41) is 16.2. The van der Waals surface area contributed by atoms with E-state index in [1.807, 2.05) is 6.07 Å². The van der Waals surface area contributed by atoms with E-state index >= 15 is 0 Å². The second kappa shape index (κ2) is 8.47. The molecule has 0 spiro atoms. The van der Waals surface area contributed by atoms with E-state index in [4.69, 9.17) is 4.74 Å². The number of ether oxygens (including phenoxy) is 1. The molecule has 0 unspecified atom stereocenters. The Kier molecular flexibility index (Phi) is 5.84. The van der Waals surface area contributed by atoms with Gasteiger partial charge in [0.05, 0.1) is 18.9 Å². The zero-order valence-corrected chi connectivity index (χ0v) is 15.6. The molecule has 2 amide bonds. The van der Waals surface area contributed by atoms with Crippen LogP contribution in [0.4, 0.5) is 5.00 Å². The number of rotatable bonds is 4. The standard InChI is InChI=1S/C19H18N4O3S/c1-26-15-8-4-2-6-12(15)11-21-23-18(25)17(24)22-19-14(10-20)13-7-3-5-9-16(13)27-19/h2,4,6,8,11H,3,5,7,9H2,1H3,(H,22,24)(H,23,25)/b21-11+. The second-order valence-corrected chi connectivity index (χ2v) is 7.03. The number of aryl methyl sites for hydroxylation is 1. The summed E-state index contributed by atoms with van der Waals surface area (Å²) in [4.78, 5) is 25.2. The number of nitrogens with zero attached hydrogens (tertiary/aromatic N) is 2. The second-order valence-electron chi connectivity index (χ2n) is 5.92. The normalized spacial score (nSPS) is 12.9. The van der Waals surface area contributed by atoms with Crippen LogP contribution in [0, 0.1) is 11.3 Å². The molecule has 1 heterocycles. The van der Waals surface area contributed by atoms with Gasteiger partial charge in [-0.3, -0.25) is 9.59 Å². The molecule has 8 heteroatoms. The van der Waals surface area contributed by atoms with Crippen molar-refractivity contribution in [2.24, 2.45) is 5.10 Å². The van der Waals surface area contributed by atoms with Crippen molar-refractivity contribution in [1.82, 2.24) is 5.43 Å². The van der Waals surface area contributed by atoms with Gasteiger partial charge in [-0.1, -0.05) is 12.1 Å². The van der Waals surface area contributed by atoms with E-state index in [-0.39, 0.29) is 0 Å². The molecule has 1 aromatic heterocycles. The van der Waals surface area contributed by atoms with Crippen LogP contribution in [0.25, 0.3) is 0 Å². The molecule has 2 N–H and O–H groups in total. The average molecular weight is 382 g/mol. The van der Waals surface area contributed by atoms with E-state index in [1.165, 1.54) is 24.7 Å². The van der Waals surface area contributed by atoms with Crippen molar-refractivity contribution in [2.45, 2.75) is 25.7 Å². The number of fused-ring (bicyclic) bond motifs is 1. The van der Waals surface area contributed by atoms with Gasteiger partial charge in [0, 0.05) is 10.4 Å². The Balaban J connectivity index is 1.65. The van der Waals surface area contributed by atoms with Crippen LogP contribution in [0.3, 0.4) is 0 Å². The first-order chi connectivity index (χ1) is 13.1. The van der Waals surface area contributed by atoms with Crippen molar-refractivity contribution in [1.29, 1.82) is 5.26 Å². The average Bonchev–Trinajstić information content (AvgIpc) is 3.05. The molecule has 0 radical (unpaired) electrons. The van der Waals surface area contributed by atoms with Crippen LogP contribution in [0.5, 0.6) is 5.75 Å². The Morgan fingerprint density at radius 3 is 2.81 bits per heavy atom. The topological polar surface area (TPSA) is 104 Å². The van der Waals surface area contributed by atoms with Gasteiger partial charge in [0.2, 0.25) is 0 Å². The molecule has 1 aliphatic carbocycles. The van der Waals surface area contributed by atoms with Crippen molar-refractivity contribution in [3.63, 3.8) is 0 Å².